The van der Waals surface area contributed by atoms with Gasteiger partial charge in [0, 0.05) is 34.7 Å². The molecule has 4 rings (SSSR count). The Balaban J connectivity index is 1.29. The summed E-state index contributed by atoms with van der Waals surface area (Å²) in [6.07, 6.45) is 4.14. The maximum absolute atomic E-state index is 12.5. The summed E-state index contributed by atoms with van der Waals surface area (Å²) in [4.78, 5) is 26.3. The third kappa shape index (κ3) is 5.65. The number of carbonyl (C=O) groups excluding carboxylic acids is 2. The highest BCUT2D eigenvalue weighted by Gasteiger charge is 2.40. The summed E-state index contributed by atoms with van der Waals surface area (Å²) in [5.41, 5.74) is 6.76. The van der Waals surface area contributed by atoms with E-state index >= 15 is 0 Å². The van der Waals surface area contributed by atoms with Crippen molar-refractivity contribution in [3.8, 4) is 5.75 Å². The first-order chi connectivity index (χ1) is 15.4. The molecule has 2 aromatic rings. The lowest BCUT2D eigenvalue weighted by Crippen LogP contribution is -2.50. The summed E-state index contributed by atoms with van der Waals surface area (Å²) in [5.74, 6) is 0.140. The molecule has 3 amide bonds. The van der Waals surface area contributed by atoms with Crippen LogP contribution in [0.4, 0.5) is 10.5 Å². The van der Waals surface area contributed by atoms with E-state index in [0.717, 1.165) is 37.3 Å². The van der Waals surface area contributed by atoms with Crippen molar-refractivity contribution in [1.29, 1.82) is 0 Å². The number of nitrogens with two attached hydrogens (primary N) is 1. The number of urea groups is 1. The van der Waals surface area contributed by atoms with Gasteiger partial charge in [-0.05, 0) is 61.6 Å². The van der Waals surface area contributed by atoms with Gasteiger partial charge in [0.2, 0.25) is 0 Å². The average Bonchev–Trinajstić information content (AvgIpc) is 2.96. The second kappa shape index (κ2) is 9.98. The van der Waals surface area contributed by atoms with Gasteiger partial charge in [-0.1, -0.05) is 35.3 Å². The minimum absolute atomic E-state index is 0.124. The van der Waals surface area contributed by atoms with Crippen LogP contribution in [-0.4, -0.2) is 41.6 Å². The molecule has 7 nitrogen and oxygen atoms in total. The SMILES string of the molecule is NC(=O)Nc1cc(Cl)ccc1OCC(=O)NC1CC2CCC(C1)N2Cc1ccc(Cl)cc1. The Bertz CT molecular complexity index is 972. The average molecular weight is 477 g/mol. The highest BCUT2D eigenvalue weighted by atomic mass is 35.5. The normalized spacial score (nSPS) is 22.4. The van der Waals surface area contributed by atoms with E-state index in [1.165, 1.54) is 11.6 Å². The van der Waals surface area contributed by atoms with Crippen LogP contribution < -0.4 is 21.1 Å². The van der Waals surface area contributed by atoms with Crippen molar-refractivity contribution in [1.82, 2.24) is 10.2 Å². The second-order valence-electron chi connectivity index (χ2n) is 8.34. The molecular weight excluding hydrogens is 451 g/mol. The standard InChI is InChI=1S/C23H26Cl2N4O3/c24-15-3-1-14(2-4-15)12-29-18-6-7-19(29)11-17(10-18)27-22(30)13-32-21-8-5-16(25)9-20(21)28-23(26)31/h1-5,8-9,17-19H,6-7,10-13H2,(H,27,30)(H3,26,28,31). The molecule has 2 atom stereocenters. The quantitative estimate of drug-likeness (QED) is 0.558. The summed E-state index contributed by atoms with van der Waals surface area (Å²) >= 11 is 12.0. The van der Waals surface area contributed by atoms with Gasteiger partial charge in [-0.15, -0.1) is 0 Å². The van der Waals surface area contributed by atoms with Crippen molar-refractivity contribution < 1.29 is 14.3 Å². The highest BCUT2D eigenvalue weighted by molar-refractivity contribution is 6.31. The predicted molar refractivity (Wildman–Crippen MR) is 125 cm³/mol. The molecule has 2 aliphatic rings. The molecule has 2 aromatic carbocycles. The Labute approximate surface area is 197 Å². The summed E-state index contributed by atoms with van der Waals surface area (Å²) in [6.45, 7) is 0.748. The van der Waals surface area contributed by atoms with Gasteiger partial charge in [-0.25, -0.2) is 4.79 Å². The van der Waals surface area contributed by atoms with Crippen LogP contribution in [0.5, 0.6) is 5.75 Å². The Hall–Kier alpha value is -2.48. The molecule has 2 saturated heterocycles. The molecule has 9 heteroatoms. The zero-order valence-electron chi connectivity index (χ0n) is 17.5. The van der Waals surface area contributed by atoms with E-state index in [2.05, 4.69) is 27.7 Å². The van der Waals surface area contributed by atoms with Gasteiger partial charge < -0.3 is 21.1 Å². The van der Waals surface area contributed by atoms with Gasteiger partial charge in [0.1, 0.15) is 5.75 Å². The number of benzene rings is 2. The van der Waals surface area contributed by atoms with Crippen molar-refractivity contribution in [2.45, 2.75) is 50.4 Å². The number of anilines is 1. The number of fused-ring (bicyclic) bond motifs is 2. The van der Waals surface area contributed by atoms with E-state index in [1.54, 1.807) is 12.1 Å². The monoisotopic (exact) mass is 476 g/mol. The number of amides is 3. The Morgan fingerprint density at radius 2 is 1.69 bits per heavy atom. The molecule has 0 spiro atoms. The predicted octanol–water partition coefficient (Wildman–Crippen LogP) is 4.17. The van der Waals surface area contributed by atoms with Crippen molar-refractivity contribution in [2.75, 3.05) is 11.9 Å². The molecule has 0 radical (unpaired) electrons. The van der Waals surface area contributed by atoms with Crippen LogP contribution in [0.1, 0.15) is 31.2 Å². The van der Waals surface area contributed by atoms with Crippen LogP contribution >= 0.6 is 23.2 Å². The number of primary amides is 1. The lowest BCUT2D eigenvalue weighted by molar-refractivity contribution is -0.124. The van der Waals surface area contributed by atoms with E-state index < -0.39 is 6.03 Å². The molecular formula is C23H26Cl2N4O3. The fourth-order valence-electron chi connectivity index (χ4n) is 4.72. The lowest BCUT2D eigenvalue weighted by Gasteiger charge is -2.39. The number of ether oxygens (including phenoxy) is 1. The number of hydrogen-bond donors (Lipinski definition) is 3. The number of nitrogens with one attached hydrogen (secondary N) is 2. The van der Waals surface area contributed by atoms with Crippen LogP contribution in [-0.2, 0) is 11.3 Å². The molecule has 2 fully saturated rings. The van der Waals surface area contributed by atoms with Gasteiger partial charge in [0.25, 0.3) is 5.91 Å². The third-order valence-electron chi connectivity index (χ3n) is 6.09. The number of piperidine rings is 1. The Morgan fingerprint density at radius 1 is 1.03 bits per heavy atom. The van der Waals surface area contributed by atoms with Crippen LogP contribution in [0.2, 0.25) is 10.0 Å². The van der Waals surface area contributed by atoms with E-state index in [9.17, 15) is 9.59 Å². The number of carbonyl (C=O) groups is 2. The van der Waals surface area contributed by atoms with E-state index in [4.69, 9.17) is 33.7 Å². The van der Waals surface area contributed by atoms with E-state index in [0.29, 0.717) is 28.5 Å². The molecule has 32 heavy (non-hydrogen) atoms. The van der Waals surface area contributed by atoms with Crippen LogP contribution in [0, 0.1) is 0 Å². The minimum Gasteiger partial charge on any atom is -0.482 e. The minimum atomic E-state index is -0.734. The number of nitrogens with zero attached hydrogens (tertiary/aromatic N) is 1. The first-order valence-electron chi connectivity index (χ1n) is 10.7. The second-order valence-corrected chi connectivity index (χ2v) is 9.21. The van der Waals surface area contributed by atoms with Crippen LogP contribution in [0.3, 0.4) is 0 Å². The summed E-state index contributed by atoms with van der Waals surface area (Å²) in [5, 5.41) is 6.73. The smallest absolute Gasteiger partial charge is 0.316 e. The van der Waals surface area contributed by atoms with Gasteiger partial charge in [-0.2, -0.15) is 0 Å². The summed E-state index contributed by atoms with van der Waals surface area (Å²) in [6, 6.07) is 13.0. The Kier molecular flexibility index (Phi) is 7.08. The van der Waals surface area contributed by atoms with Crippen LogP contribution in [0.15, 0.2) is 42.5 Å². The zero-order valence-corrected chi connectivity index (χ0v) is 19.0. The lowest BCUT2D eigenvalue weighted by atomic mass is 9.96. The van der Waals surface area contributed by atoms with Crippen molar-refractivity contribution >= 4 is 40.8 Å². The zero-order chi connectivity index (χ0) is 22.7. The van der Waals surface area contributed by atoms with E-state index in [1.807, 2.05) is 12.1 Å². The maximum atomic E-state index is 12.5. The highest BCUT2D eigenvalue weighted by Crippen LogP contribution is 2.37. The fraction of sp³-hybridized carbons (Fsp3) is 0.391. The number of hydrogen-bond acceptors (Lipinski definition) is 4. The number of halogens is 2. The molecule has 2 aliphatic heterocycles. The van der Waals surface area contributed by atoms with Gasteiger partial charge in [0.15, 0.2) is 6.61 Å². The molecule has 2 bridgehead atoms. The van der Waals surface area contributed by atoms with Crippen molar-refractivity contribution in [3.05, 3.63) is 58.1 Å². The molecule has 2 heterocycles. The molecule has 0 aliphatic carbocycles. The first-order valence-corrected chi connectivity index (χ1v) is 11.4. The molecule has 170 valence electrons. The third-order valence-corrected chi connectivity index (χ3v) is 6.57. The fourth-order valence-corrected chi connectivity index (χ4v) is 5.02. The molecule has 4 N–H and O–H groups in total. The van der Waals surface area contributed by atoms with Gasteiger partial charge in [-0.3, -0.25) is 9.69 Å². The van der Waals surface area contributed by atoms with Gasteiger partial charge in [0.05, 0.1) is 5.69 Å². The molecule has 2 unspecified atom stereocenters. The molecule has 0 aromatic heterocycles. The first kappa shape index (κ1) is 22.7. The summed E-state index contributed by atoms with van der Waals surface area (Å²) < 4.78 is 5.61. The van der Waals surface area contributed by atoms with Gasteiger partial charge >= 0.3 is 6.03 Å². The summed E-state index contributed by atoms with van der Waals surface area (Å²) in [7, 11) is 0. The molecule has 0 saturated carbocycles. The van der Waals surface area contributed by atoms with Crippen LogP contribution in [0.25, 0.3) is 0 Å². The van der Waals surface area contributed by atoms with E-state index in [-0.39, 0.29) is 18.6 Å². The number of rotatable bonds is 7. The topological polar surface area (TPSA) is 96.7 Å². The Morgan fingerprint density at radius 3 is 2.34 bits per heavy atom. The van der Waals surface area contributed by atoms with Crippen molar-refractivity contribution in [2.24, 2.45) is 5.73 Å². The largest absolute Gasteiger partial charge is 0.482 e. The van der Waals surface area contributed by atoms with Crippen molar-refractivity contribution in [3.63, 3.8) is 0 Å². The maximum Gasteiger partial charge on any atom is 0.316 e.